The summed E-state index contributed by atoms with van der Waals surface area (Å²) < 4.78 is 0. The molecule has 128 valence electrons. The van der Waals surface area contributed by atoms with Crippen LogP contribution in [-0.4, -0.2) is 26.6 Å². The molecule has 0 radical (unpaired) electrons. The monoisotopic (exact) mass is 392 g/mol. The van der Waals surface area contributed by atoms with E-state index in [1.54, 1.807) is 30.5 Å². The highest BCUT2D eigenvalue weighted by molar-refractivity contribution is 7.80. The molecule has 3 aromatic rings. The van der Waals surface area contributed by atoms with E-state index in [0.29, 0.717) is 43.6 Å². The van der Waals surface area contributed by atoms with Crippen molar-refractivity contribution in [2.45, 2.75) is 6.92 Å². The predicted molar refractivity (Wildman–Crippen MR) is 107 cm³/mol. The molecule has 9 heteroatoms. The van der Waals surface area contributed by atoms with Gasteiger partial charge in [0.15, 0.2) is 16.6 Å². The molecule has 0 atom stereocenters. The minimum Gasteiger partial charge on any atom is -0.363 e. The summed E-state index contributed by atoms with van der Waals surface area (Å²) in [6.07, 6.45) is 1.61. The van der Waals surface area contributed by atoms with Crippen LogP contribution in [0.3, 0.4) is 0 Å². The number of hydrogen-bond acceptors (Lipinski definition) is 5. The number of halogens is 2. The van der Waals surface area contributed by atoms with Gasteiger partial charge in [0.2, 0.25) is 0 Å². The highest BCUT2D eigenvalue weighted by Gasteiger charge is 2.07. The first kappa shape index (κ1) is 17.6. The van der Waals surface area contributed by atoms with E-state index in [-0.39, 0.29) is 0 Å². The van der Waals surface area contributed by atoms with Crippen molar-refractivity contribution >= 4 is 69.0 Å². The van der Waals surface area contributed by atoms with E-state index in [2.05, 4.69) is 30.9 Å². The summed E-state index contributed by atoms with van der Waals surface area (Å²) in [5, 5.41) is 10.7. The fraction of sp³-hybridized carbons (Fsp3) is 0.125. The lowest BCUT2D eigenvalue weighted by Gasteiger charge is -2.10. The molecule has 0 unspecified atom stereocenters. The van der Waals surface area contributed by atoms with Gasteiger partial charge in [-0.25, -0.2) is 15.0 Å². The van der Waals surface area contributed by atoms with Gasteiger partial charge >= 0.3 is 0 Å². The topological polar surface area (TPSA) is 74.8 Å². The summed E-state index contributed by atoms with van der Waals surface area (Å²) >= 11 is 17.3. The van der Waals surface area contributed by atoms with Gasteiger partial charge in [-0.05, 0) is 49.5 Å². The van der Waals surface area contributed by atoms with E-state index in [0.717, 1.165) is 6.54 Å². The quantitative estimate of drug-likeness (QED) is 0.568. The summed E-state index contributed by atoms with van der Waals surface area (Å²) in [6, 6.07) is 8.76. The predicted octanol–water partition coefficient (Wildman–Crippen LogP) is 4.38. The second-order valence-corrected chi connectivity index (χ2v) is 6.28. The van der Waals surface area contributed by atoms with Crippen molar-refractivity contribution < 1.29 is 0 Å². The number of hydrogen-bond donors (Lipinski definition) is 3. The smallest absolute Gasteiger partial charge is 0.182 e. The number of rotatable bonds is 4. The lowest BCUT2D eigenvalue weighted by Crippen LogP contribution is -2.28. The lowest BCUT2D eigenvalue weighted by molar-refractivity contribution is 0.978. The number of nitrogens with zero attached hydrogens (tertiary/aromatic N) is 3. The van der Waals surface area contributed by atoms with Crippen LogP contribution in [0.15, 0.2) is 36.5 Å². The van der Waals surface area contributed by atoms with E-state index < -0.39 is 0 Å². The molecule has 3 N–H and O–H groups in total. The maximum absolute atomic E-state index is 6.16. The number of aromatic nitrogens is 3. The highest BCUT2D eigenvalue weighted by atomic mass is 35.5. The van der Waals surface area contributed by atoms with Gasteiger partial charge in [0.1, 0.15) is 11.3 Å². The van der Waals surface area contributed by atoms with E-state index in [1.807, 2.05) is 13.0 Å². The number of benzene rings is 1. The molecule has 2 heterocycles. The first-order chi connectivity index (χ1) is 12.0. The van der Waals surface area contributed by atoms with E-state index in [1.165, 1.54) is 0 Å². The Kier molecular flexibility index (Phi) is 5.47. The molecule has 25 heavy (non-hydrogen) atoms. The van der Waals surface area contributed by atoms with Crippen LogP contribution in [0, 0.1) is 0 Å². The molecule has 0 amide bonds. The first-order valence-corrected chi connectivity index (χ1v) is 8.62. The van der Waals surface area contributed by atoms with Crippen molar-refractivity contribution in [3.63, 3.8) is 0 Å². The molecule has 1 aromatic carbocycles. The van der Waals surface area contributed by atoms with Crippen molar-refractivity contribution in [1.29, 1.82) is 0 Å². The van der Waals surface area contributed by atoms with Gasteiger partial charge in [-0.15, -0.1) is 0 Å². The molecule has 0 aliphatic carbocycles. The Hall–Kier alpha value is -2.22. The Morgan fingerprint density at radius 3 is 2.72 bits per heavy atom. The Morgan fingerprint density at radius 2 is 1.92 bits per heavy atom. The number of nitrogens with one attached hydrogen (secondary N) is 3. The highest BCUT2D eigenvalue weighted by Crippen LogP contribution is 2.28. The standard InChI is InChI=1S/C16H14Cl2N6S/c1-2-19-16(25)24-13-6-5-11-15(22-13)23-14(8-20-11)21-12-7-9(17)3-4-10(12)18/h3-8H,2H2,1H3,(H3,19,21,22,23,24,25). The molecular formula is C16H14Cl2N6S. The molecule has 0 aliphatic heterocycles. The van der Waals surface area contributed by atoms with Gasteiger partial charge in [0, 0.05) is 11.6 Å². The molecule has 0 aliphatic rings. The fourth-order valence-electron chi connectivity index (χ4n) is 2.08. The zero-order valence-electron chi connectivity index (χ0n) is 13.2. The first-order valence-electron chi connectivity index (χ1n) is 7.46. The number of thiocarbonyl (C=S) groups is 1. The summed E-state index contributed by atoms with van der Waals surface area (Å²) in [6.45, 7) is 2.69. The lowest BCUT2D eigenvalue weighted by atomic mass is 10.3. The third kappa shape index (κ3) is 4.45. The van der Waals surface area contributed by atoms with Gasteiger partial charge in [-0.1, -0.05) is 23.2 Å². The summed E-state index contributed by atoms with van der Waals surface area (Å²) in [7, 11) is 0. The Bertz CT molecular complexity index is 934. The van der Waals surface area contributed by atoms with Crippen LogP contribution in [0.2, 0.25) is 10.0 Å². The largest absolute Gasteiger partial charge is 0.363 e. The fourth-order valence-corrected chi connectivity index (χ4v) is 2.67. The van der Waals surface area contributed by atoms with Gasteiger partial charge in [-0.2, -0.15) is 0 Å². The van der Waals surface area contributed by atoms with E-state index in [4.69, 9.17) is 35.4 Å². The molecule has 0 spiro atoms. The molecule has 0 saturated heterocycles. The summed E-state index contributed by atoms with van der Waals surface area (Å²) in [5.74, 6) is 1.10. The van der Waals surface area contributed by atoms with Crippen LogP contribution in [-0.2, 0) is 0 Å². The maximum atomic E-state index is 6.16. The minimum absolute atomic E-state index is 0.479. The van der Waals surface area contributed by atoms with Crippen LogP contribution in [0.25, 0.3) is 11.2 Å². The third-order valence-electron chi connectivity index (χ3n) is 3.18. The summed E-state index contributed by atoms with van der Waals surface area (Å²) in [4.78, 5) is 13.2. The zero-order chi connectivity index (χ0) is 17.8. The van der Waals surface area contributed by atoms with Crippen LogP contribution < -0.4 is 16.0 Å². The number of pyridine rings is 1. The maximum Gasteiger partial charge on any atom is 0.182 e. The van der Waals surface area contributed by atoms with E-state index in [9.17, 15) is 0 Å². The average Bonchev–Trinajstić information content (AvgIpc) is 2.58. The van der Waals surface area contributed by atoms with Gasteiger partial charge < -0.3 is 16.0 Å². The van der Waals surface area contributed by atoms with Crippen LogP contribution in [0.4, 0.5) is 17.3 Å². The van der Waals surface area contributed by atoms with Crippen molar-refractivity contribution in [2.75, 3.05) is 17.2 Å². The third-order valence-corrected chi connectivity index (χ3v) is 3.99. The molecule has 3 rings (SSSR count). The van der Waals surface area contributed by atoms with Gasteiger partial charge in [-0.3, -0.25) is 0 Å². The summed E-state index contributed by atoms with van der Waals surface area (Å²) in [5.41, 5.74) is 1.79. The van der Waals surface area contributed by atoms with Crippen molar-refractivity contribution in [1.82, 2.24) is 20.3 Å². The normalized spacial score (nSPS) is 10.5. The van der Waals surface area contributed by atoms with Gasteiger partial charge in [0.05, 0.1) is 16.9 Å². The zero-order valence-corrected chi connectivity index (χ0v) is 15.5. The molecule has 6 nitrogen and oxygen atoms in total. The van der Waals surface area contributed by atoms with Crippen molar-refractivity contribution in [3.05, 3.63) is 46.6 Å². The van der Waals surface area contributed by atoms with Gasteiger partial charge in [0.25, 0.3) is 0 Å². The van der Waals surface area contributed by atoms with Crippen molar-refractivity contribution in [3.8, 4) is 0 Å². The minimum atomic E-state index is 0.479. The molecule has 2 aromatic heterocycles. The number of anilines is 3. The second-order valence-electron chi connectivity index (χ2n) is 5.03. The Morgan fingerprint density at radius 1 is 1.12 bits per heavy atom. The Labute approximate surface area is 160 Å². The SMILES string of the molecule is CCNC(=S)Nc1ccc2ncc(Nc3cc(Cl)ccc3Cl)nc2n1. The molecular weight excluding hydrogens is 379 g/mol. The van der Waals surface area contributed by atoms with Crippen LogP contribution >= 0.6 is 35.4 Å². The number of fused-ring (bicyclic) bond motifs is 1. The molecule has 0 saturated carbocycles. The van der Waals surface area contributed by atoms with E-state index >= 15 is 0 Å². The van der Waals surface area contributed by atoms with Crippen molar-refractivity contribution in [2.24, 2.45) is 0 Å². The average molecular weight is 393 g/mol. The van der Waals surface area contributed by atoms with Crippen LogP contribution in [0.1, 0.15) is 6.92 Å². The second kappa shape index (κ2) is 7.77. The molecule has 0 fully saturated rings. The molecule has 0 bridgehead atoms. The van der Waals surface area contributed by atoms with Crippen LogP contribution in [0.5, 0.6) is 0 Å². The Balaban J connectivity index is 1.87.